The highest BCUT2D eigenvalue weighted by Gasteiger charge is 2.21. The molecule has 1 fully saturated rings. The van der Waals surface area contributed by atoms with Crippen molar-refractivity contribution >= 4 is 23.2 Å². The van der Waals surface area contributed by atoms with Crippen LogP contribution in [-0.2, 0) is 16.1 Å². The summed E-state index contributed by atoms with van der Waals surface area (Å²) in [5.74, 6) is -0.939. The molecule has 2 rings (SSSR count). The SMILES string of the molecule is Cc1csc(=O)n1CC(=O)N1CCCN(CC(=O)O)CC1. The van der Waals surface area contributed by atoms with Gasteiger partial charge in [0.05, 0.1) is 6.54 Å². The number of aliphatic carboxylic acids is 1. The molecule has 1 saturated heterocycles. The number of thiazole rings is 1. The van der Waals surface area contributed by atoms with Gasteiger partial charge in [-0.2, -0.15) is 0 Å². The van der Waals surface area contributed by atoms with Crippen LogP contribution in [0.3, 0.4) is 0 Å². The first-order valence-corrected chi connectivity index (χ1v) is 7.72. The molecule has 1 aliphatic rings. The van der Waals surface area contributed by atoms with Gasteiger partial charge >= 0.3 is 10.8 Å². The average Bonchev–Trinajstić information content (AvgIpc) is 2.65. The number of carboxylic acid groups (broad SMARTS) is 1. The van der Waals surface area contributed by atoms with E-state index >= 15 is 0 Å². The van der Waals surface area contributed by atoms with Gasteiger partial charge in [0.25, 0.3) is 0 Å². The predicted octanol–water partition coefficient (Wildman–Crippen LogP) is -0.163. The van der Waals surface area contributed by atoms with E-state index in [4.69, 9.17) is 5.11 Å². The van der Waals surface area contributed by atoms with E-state index in [1.54, 1.807) is 10.3 Å². The van der Waals surface area contributed by atoms with Crippen molar-refractivity contribution in [2.75, 3.05) is 32.7 Å². The van der Waals surface area contributed by atoms with E-state index in [-0.39, 0.29) is 23.9 Å². The third-order valence-electron chi connectivity index (χ3n) is 3.57. The molecule has 1 amide bonds. The van der Waals surface area contributed by atoms with Crippen LogP contribution in [-0.4, -0.2) is 64.1 Å². The van der Waals surface area contributed by atoms with Crippen LogP contribution in [0.15, 0.2) is 10.2 Å². The second-order valence-electron chi connectivity index (χ2n) is 5.13. The van der Waals surface area contributed by atoms with Crippen LogP contribution < -0.4 is 4.87 Å². The molecule has 1 N–H and O–H groups in total. The normalized spacial score (nSPS) is 16.7. The Hall–Kier alpha value is -1.67. The Balaban J connectivity index is 1.94. The van der Waals surface area contributed by atoms with E-state index in [0.29, 0.717) is 26.2 Å². The Kier molecular flexibility index (Phi) is 5.13. The van der Waals surface area contributed by atoms with Crippen molar-refractivity contribution in [2.45, 2.75) is 19.9 Å². The van der Waals surface area contributed by atoms with Crippen molar-refractivity contribution in [1.29, 1.82) is 0 Å². The highest BCUT2D eigenvalue weighted by atomic mass is 32.1. The third-order valence-corrected chi connectivity index (χ3v) is 4.45. The first-order chi connectivity index (χ1) is 9.97. The van der Waals surface area contributed by atoms with Crippen molar-refractivity contribution in [2.24, 2.45) is 0 Å². The summed E-state index contributed by atoms with van der Waals surface area (Å²) >= 11 is 1.09. The van der Waals surface area contributed by atoms with Gasteiger partial charge in [0, 0.05) is 37.3 Å². The number of hydrogen-bond acceptors (Lipinski definition) is 5. The fourth-order valence-corrected chi connectivity index (χ4v) is 3.14. The molecule has 0 saturated carbocycles. The van der Waals surface area contributed by atoms with Crippen LogP contribution in [0.5, 0.6) is 0 Å². The first-order valence-electron chi connectivity index (χ1n) is 6.84. The Labute approximate surface area is 126 Å². The van der Waals surface area contributed by atoms with Crippen LogP contribution in [0, 0.1) is 6.92 Å². The topological polar surface area (TPSA) is 82.9 Å². The first kappa shape index (κ1) is 15.7. The molecule has 0 aliphatic carbocycles. The van der Waals surface area contributed by atoms with E-state index < -0.39 is 5.97 Å². The number of rotatable bonds is 4. The Bertz CT molecular complexity index is 580. The van der Waals surface area contributed by atoms with Crippen molar-refractivity contribution in [3.05, 3.63) is 20.7 Å². The number of hydrogen-bond donors (Lipinski definition) is 1. The van der Waals surface area contributed by atoms with Crippen LogP contribution in [0.2, 0.25) is 0 Å². The van der Waals surface area contributed by atoms with Gasteiger partial charge < -0.3 is 10.0 Å². The lowest BCUT2D eigenvalue weighted by molar-refractivity contribution is -0.138. The molecule has 0 unspecified atom stereocenters. The van der Waals surface area contributed by atoms with E-state index in [9.17, 15) is 14.4 Å². The van der Waals surface area contributed by atoms with Gasteiger partial charge in [-0.05, 0) is 13.3 Å². The summed E-state index contributed by atoms with van der Waals surface area (Å²) in [5.41, 5.74) is 0.792. The number of amides is 1. The quantitative estimate of drug-likeness (QED) is 0.835. The maximum atomic E-state index is 12.3. The van der Waals surface area contributed by atoms with Gasteiger partial charge in [-0.25, -0.2) is 0 Å². The van der Waals surface area contributed by atoms with Crippen molar-refractivity contribution in [3.63, 3.8) is 0 Å². The van der Waals surface area contributed by atoms with Gasteiger partial charge in [0.2, 0.25) is 5.91 Å². The molecule has 0 bridgehead atoms. The average molecular weight is 313 g/mol. The summed E-state index contributed by atoms with van der Waals surface area (Å²) in [7, 11) is 0. The monoisotopic (exact) mass is 313 g/mol. The maximum absolute atomic E-state index is 12.3. The molecule has 116 valence electrons. The van der Waals surface area contributed by atoms with E-state index in [1.165, 1.54) is 4.57 Å². The largest absolute Gasteiger partial charge is 0.480 e. The molecular weight excluding hydrogens is 294 g/mol. The molecule has 8 heteroatoms. The second-order valence-corrected chi connectivity index (χ2v) is 5.95. The fourth-order valence-electron chi connectivity index (χ4n) is 2.40. The zero-order chi connectivity index (χ0) is 15.4. The zero-order valence-electron chi connectivity index (χ0n) is 11.9. The van der Waals surface area contributed by atoms with Crippen LogP contribution >= 0.6 is 11.3 Å². The van der Waals surface area contributed by atoms with E-state index in [2.05, 4.69) is 0 Å². The van der Waals surface area contributed by atoms with Crippen molar-refractivity contribution in [3.8, 4) is 0 Å². The molecule has 7 nitrogen and oxygen atoms in total. The number of carboxylic acids is 1. The van der Waals surface area contributed by atoms with Gasteiger partial charge in [0.15, 0.2) is 0 Å². The number of aromatic nitrogens is 1. The molecule has 1 aromatic heterocycles. The molecule has 0 atom stereocenters. The number of carbonyl (C=O) groups excluding carboxylic acids is 1. The lowest BCUT2D eigenvalue weighted by Gasteiger charge is -2.21. The smallest absolute Gasteiger partial charge is 0.317 e. The third kappa shape index (κ3) is 4.15. The Morgan fingerprint density at radius 2 is 2.00 bits per heavy atom. The van der Waals surface area contributed by atoms with E-state index in [0.717, 1.165) is 23.5 Å². The van der Waals surface area contributed by atoms with E-state index in [1.807, 2.05) is 11.8 Å². The predicted molar refractivity (Wildman–Crippen MR) is 78.6 cm³/mol. The molecule has 2 heterocycles. The highest BCUT2D eigenvalue weighted by Crippen LogP contribution is 2.06. The molecule has 1 aliphatic heterocycles. The minimum absolute atomic E-state index is 0.00509. The number of aryl methyl sites for hydroxylation is 1. The minimum Gasteiger partial charge on any atom is -0.480 e. The molecule has 21 heavy (non-hydrogen) atoms. The van der Waals surface area contributed by atoms with Crippen LogP contribution in [0.4, 0.5) is 0 Å². The van der Waals surface area contributed by atoms with Crippen molar-refractivity contribution in [1.82, 2.24) is 14.4 Å². The minimum atomic E-state index is -0.852. The summed E-state index contributed by atoms with van der Waals surface area (Å²) in [5, 5.41) is 10.5. The number of carbonyl (C=O) groups is 2. The standard InChI is InChI=1S/C13H19N3O4S/c1-10-9-21-13(20)16(10)7-11(17)15-4-2-3-14(5-6-15)8-12(18)19/h9H,2-8H2,1H3,(H,18,19). The Morgan fingerprint density at radius 3 is 2.62 bits per heavy atom. The zero-order valence-corrected chi connectivity index (χ0v) is 12.8. The second kappa shape index (κ2) is 6.86. The van der Waals surface area contributed by atoms with Gasteiger partial charge in [-0.1, -0.05) is 11.3 Å². The molecule has 0 spiro atoms. The summed E-state index contributed by atoms with van der Waals surface area (Å²) in [6.07, 6.45) is 0.747. The Morgan fingerprint density at radius 1 is 1.24 bits per heavy atom. The molecule has 0 aromatic carbocycles. The van der Waals surface area contributed by atoms with Gasteiger partial charge in [0.1, 0.15) is 6.54 Å². The summed E-state index contributed by atoms with van der Waals surface area (Å²) in [6.45, 7) is 4.21. The van der Waals surface area contributed by atoms with Crippen LogP contribution in [0.25, 0.3) is 0 Å². The maximum Gasteiger partial charge on any atom is 0.317 e. The summed E-state index contributed by atoms with van der Waals surface area (Å²) < 4.78 is 1.48. The lowest BCUT2D eigenvalue weighted by Crippen LogP contribution is -2.39. The fraction of sp³-hybridized carbons (Fsp3) is 0.615. The summed E-state index contributed by atoms with van der Waals surface area (Å²) in [6, 6.07) is 0. The highest BCUT2D eigenvalue weighted by molar-refractivity contribution is 7.07. The van der Waals surface area contributed by atoms with Crippen LogP contribution in [0.1, 0.15) is 12.1 Å². The van der Waals surface area contributed by atoms with Gasteiger partial charge in [-0.15, -0.1) is 0 Å². The number of nitrogens with zero attached hydrogens (tertiary/aromatic N) is 3. The molecule has 1 aromatic rings. The summed E-state index contributed by atoms with van der Waals surface area (Å²) in [4.78, 5) is 38.1. The molecule has 0 radical (unpaired) electrons. The van der Waals surface area contributed by atoms with Gasteiger partial charge in [-0.3, -0.25) is 23.9 Å². The lowest BCUT2D eigenvalue weighted by atomic mass is 10.3. The molecular formula is C13H19N3O4S. The van der Waals surface area contributed by atoms with Crippen molar-refractivity contribution < 1.29 is 14.7 Å².